The summed E-state index contributed by atoms with van der Waals surface area (Å²) in [5.74, 6) is 0. The number of fused-ring (bicyclic) bond motifs is 1. The number of thiophene rings is 1. The summed E-state index contributed by atoms with van der Waals surface area (Å²) in [4.78, 5) is 0. The maximum absolute atomic E-state index is 3.50. The Morgan fingerprint density at radius 1 is 1.47 bits per heavy atom. The van der Waals surface area contributed by atoms with Crippen molar-refractivity contribution in [3.05, 3.63) is 33.6 Å². The second kappa shape index (κ2) is 4.64. The Morgan fingerprint density at radius 2 is 2.27 bits per heavy atom. The molecular weight excluding hydrogens is 270 g/mol. The molecule has 0 saturated heterocycles. The number of halogens is 1. The van der Waals surface area contributed by atoms with Crippen LogP contribution < -0.4 is 5.32 Å². The molecule has 0 aliphatic rings. The van der Waals surface area contributed by atoms with Gasteiger partial charge in [0.05, 0.1) is 0 Å². The molecule has 1 heterocycles. The number of nitrogens with one attached hydrogen (secondary N) is 1. The molecular formula is C12H14BrNS. The molecule has 0 fully saturated rings. The van der Waals surface area contributed by atoms with Crippen LogP contribution in [-0.2, 0) is 6.42 Å². The number of benzene rings is 1. The monoisotopic (exact) mass is 283 g/mol. The first-order valence-corrected chi connectivity index (χ1v) is 6.71. The van der Waals surface area contributed by atoms with Crippen LogP contribution in [0.2, 0.25) is 0 Å². The van der Waals surface area contributed by atoms with Crippen molar-refractivity contribution in [2.75, 3.05) is 7.05 Å². The van der Waals surface area contributed by atoms with E-state index < -0.39 is 0 Å². The van der Waals surface area contributed by atoms with Crippen molar-refractivity contribution in [1.82, 2.24) is 5.32 Å². The van der Waals surface area contributed by atoms with Gasteiger partial charge in [0.25, 0.3) is 0 Å². The van der Waals surface area contributed by atoms with Gasteiger partial charge in [-0.2, -0.15) is 0 Å². The molecule has 1 atom stereocenters. The van der Waals surface area contributed by atoms with Crippen molar-refractivity contribution in [3.63, 3.8) is 0 Å². The maximum atomic E-state index is 3.50. The van der Waals surface area contributed by atoms with Crippen LogP contribution >= 0.6 is 27.3 Å². The van der Waals surface area contributed by atoms with E-state index in [-0.39, 0.29) is 0 Å². The lowest BCUT2D eigenvalue weighted by Gasteiger charge is -2.08. The van der Waals surface area contributed by atoms with E-state index in [0.29, 0.717) is 6.04 Å². The van der Waals surface area contributed by atoms with Crippen molar-refractivity contribution >= 4 is 37.4 Å². The van der Waals surface area contributed by atoms with Crippen LogP contribution in [0.4, 0.5) is 0 Å². The lowest BCUT2D eigenvalue weighted by atomic mass is 10.1. The van der Waals surface area contributed by atoms with Gasteiger partial charge in [-0.05, 0) is 48.9 Å². The van der Waals surface area contributed by atoms with E-state index in [9.17, 15) is 0 Å². The van der Waals surface area contributed by atoms with Crippen molar-refractivity contribution in [1.29, 1.82) is 0 Å². The van der Waals surface area contributed by atoms with E-state index in [2.05, 4.69) is 51.7 Å². The zero-order valence-corrected chi connectivity index (χ0v) is 11.3. The molecule has 1 aromatic heterocycles. The zero-order chi connectivity index (χ0) is 10.8. The molecule has 2 rings (SSSR count). The summed E-state index contributed by atoms with van der Waals surface area (Å²) in [5.41, 5.74) is 1.45. The van der Waals surface area contributed by atoms with Crippen LogP contribution in [0.5, 0.6) is 0 Å². The van der Waals surface area contributed by atoms with Gasteiger partial charge in [-0.25, -0.2) is 0 Å². The summed E-state index contributed by atoms with van der Waals surface area (Å²) in [7, 11) is 2.01. The minimum absolute atomic E-state index is 0.534. The number of hydrogen-bond donors (Lipinski definition) is 1. The fourth-order valence-electron chi connectivity index (χ4n) is 1.65. The molecule has 1 unspecified atom stereocenters. The van der Waals surface area contributed by atoms with E-state index in [1.807, 2.05) is 18.4 Å². The standard InChI is InChI=1S/C12H14BrNS/c1-8(14-2)5-9-7-15-12-6-10(13)3-4-11(9)12/h3-4,6-8,14H,5H2,1-2H3. The average molecular weight is 284 g/mol. The van der Waals surface area contributed by atoms with Crippen molar-refractivity contribution in [3.8, 4) is 0 Å². The third-order valence-corrected chi connectivity index (χ3v) is 4.12. The number of likely N-dealkylation sites (N-methyl/N-ethyl adjacent to an activating group) is 1. The molecule has 80 valence electrons. The van der Waals surface area contributed by atoms with Gasteiger partial charge in [0, 0.05) is 15.2 Å². The zero-order valence-electron chi connectivity index (χ0n) is 8.88. The Morgan fingerprint density at radius 3 is 3.00 bits per heavy atom. The van der Waals surface area contributed by atoms with Gasteiger partial charge in [0.1, 0.15) is 0 Å². The largest absolute Gasteiger partial charge is 0.317 e. The molecule has 2 aromatic rings. The third kappa shape index (κ3) is 2.41. The second-order valence-corrected chi connectivity index (χ2v) is 5.62. The number of hydrogen-bond acceptors (Lipinski definition) is 2. The van der Waals surface area contributed by atoms with Crippen LogP contribution in [-0.4, -0.2) is 13.1 Å². The highest BCUT2D eigenvalue weighted by atomic mass is 79.9. The van der Waals surface area contributed by atoms with Gasteiger partial charge >= 0.3 is 0 Å². The summed E-state index contributed by atoms with van der Waals surface area (Å²) in [6.07, 6.45) is 1.10. The highest BCUT2D eigenvalue weighted by Gasteiger charge is 2.07. The second-order valence-electron chi connectivity index (χ2n) is 3.80. The summed E-state index contributed by atoms with van der Waals surface area (Å²) in [6, 6.07) is 7.04. The van der Waals surface area contributed by atoms with Crippen LogP contribution in [0.25, 0.3) is 10.1 Å². The van der Waals surface area contributed by atoms with Gasteiger partial charge < -0.3 is 5.32 Å². The predicted molar refractivity (Wildman–Crippen MR) is 71.8 cm³/mol. The highest BCUT2D eigenvalue weighted by molar-refractivity contribution is 9.10. The van der Waals surface area contributed by atoms with E-state index in [0.717, 1.165) is 10.9 Å². The Hall–Kier alpha value is -0.380. The minimum atomic E-state index is 0.534. The molecule has 0 aliphatic carbocycles. The van der Waals surface area contributed by atoms with Crippen LogP contribution in [0.1, 0.15) is 12.5 Å². The topological polar surface area (TPSA) is 12.0 Å². The van der Waals surface area contributed by atoms with Gasteiger partial charge in [-0.1, -0.05) is 22.0 Å². The average Bonchev–Trinajstić information content (AvgIpc) is 2.60. The van der Waals surface area contributed by atoms with Gasteiger partial charge in [0.2, 0.25) is 0 Å². The van der Waals surface area contributed by atoms with Gasteiger partial charge in [0.15, 0.2) is 0 Å². The first kappa shape index (κ1) is 11.1. The quantitative estimate of drug-likeness (QED) is 0.903. The molecule has 3 heteroatoms. The fourth-order valence-corrected chi connectivity index (χ4v) is 3.17. The lowest BCUT2D eigenvalue weighted by Crippen LogP contribution is -2.23. The van der Waals surface area contributed by atoms with Crippen LogP contribution in [0.15, 0.2) is 28.1 Å². The first-order valence-electron chi connectivity index (χ1n) is 5.03. The van der Waals surface area contributed by atoms with E-state index in [1.54, 1.807) is 0 Å². The minimum Gasteiger partial charge on any atom is -0.317 e. The summed E-state index contributed by atoms with van der Waals surface area (Å²) < 4.78 is 2.52. The Balaban J connectivity index is 2.36. The molecule has 0 spiro atoms. The molecule has 1 N–H and O–H groups in total. The SMILES string of the molecule is CNC(C)Cc1csc2cc(Br)ccc12. The number of rotatable bonds is 3. The molecule has 15 heavy (non-hydrogen) atoms. The maximum Gasteiger partial charge on any atom is 0.0356 e. The van der Waals surface area contributed by atoms with Gasteiger partial charge in [-0.15, -0.1) is 11.3 Å². The smallest absolute Gasteiger partial charge is 0.0356 e. The summed E-state index contributed by atoms with van der Waals surface area (Å²) >= 11 is 5.32. The highest BCUT2D eigenvalue weighted by Crippen LogP contribution is 2.29. The molecule has 0 saturated carbocycles. The first-order chi connectivity index (χ1) is 7.20. The Kier molecular flexibility index (Phi) is 3.44. The van der Waals surface area contributed by atoms with Gasteiger partial charge in [-0.3, -0.25) is 0 Å². The van der Waals surface area contributed by atoms with E-state index >= 15 is 0 Å². The normalized spacial score (nSPS) is 13.3. The van der Waals surface area contributed by atoms with E-state index in [4.69, 9.17) is 0 Å². The van der Waals surface area contributed by atoms with Crippen molar-refractivity contribution < 1.29 is 0 Å². The van der Waals surface area contributed by atoms with Crippen LogP contribution in [0.3, 0.4) is 0 Å². The molecule has 1 nitrogen and oxygen atoms in total. The molecule has 0 aliphatic heterocycles. The lowest BCUT2D eigenvalue weighted by molar-refractivity contribution is 0.611. The summed E-state index contributed by atoms with van der Waals surface area (Å²) in [6.45, 7) is 2.21. The van der Waals surface area contributed by atoms with Crippen LogP contribution in [0, 0.1) is 0 Å². The molecule has 0 radical (unpaired) electrons. The molecule has 1 aromatic carbocycles. The van der Waals surface area contributed by atoms with Crippen molar-refractivity contribution in [2.24, 2.45) is 0 Å². The van der Waals surface area contributed by atoms with Crippen molar-refractivity contribution in [2.45, 2.75) is 19.4 Å². The molecule has 0 bridgehead atoms. The molecule has 0 amide bonds. The third-order valence-electron chi connectivity index (χ3n) is 2.64. The Labute approximate surface area is 103 Å². The Bertz CT molecular complexity index is 464. The predicted octanol–water partition coefficient (Wildman–Crippen LogP) is 3.81. The summed E-state index contributed by atoms with van der Waals surface area (Å²) in [5, 5.41) is 6.94. The van der Waals surface area contributed by atoms with E-state index in [1.165, 1.54) is 15.6 Å². The fraction of sp³-hybridized carbons (Fsp3) is 0.333.